The molecule has 2 amide bonds. The summed E-state index contributed by atoms with van der Waals surface area (Å²) in [7, 11) is 0. The Morgan fingerprint density at radius 1 is 0.811 bits per heavy atom. The van der Waals surface area contributed by atoms with Crippen LogP contribution in [0.2, 0.25) is 0 Å². The van der Waals surface area contributed by atoms with Crippen LogP contribution < -0.4 is 15.4 Å². The Labute approximate surface area is 219 Å². The smallest absolute Gasteiger partial charge is 0.408 e. The minimum atomic E-state index is -0.742. The second-order valence-electron chi connectivity index (χ2n) is 9.76. The Hall–Kier alpha value is -3.80. The van der Waals surface area contributed by atoms with Gasteiger partial charge in [-0.1, -0.05) is 92.6 Å². The highest BCUT2D eigenvalue weighted by atomic mass is 16.5. The lowest BCUT2D eigenvalue weighted by atomic mass is 9.85. The van der Waals surface area contributed by atoms with E-state index in [2.05, 4.69) is 17.6 Å². The van der Waals surface area contributed by atoms with Gasteiger partial charge in [-0.15, -0.1) is 0 Å². The standard InChI is InChI=1S/C31H36N2O4/c1-23-10-8-9-15-28(23)32-30(34)29(33-31(35)37-22-26-13-6-3-7-14-26)20-24-16-18-27(19-17-24)36-21-25-11-4-2-5-12-25/h2-7,11-14,16-19,23,28-29H,8-10,15,20-22H2,1H3,(H,32,34)(H,33,35)/t23-,28+,29+/m1/s1. The van der Waals surface area contributed by atoms with E-state index in [0.717, 1.165) is 41.7 Å². The van der Waals surface area contributed by atoms with E-state index in [1.165, 1.54) is 6.42 Å². The highest BCUT2D eigenvalue weighted by Gasteiger charge is 2.28. The summed E-state index contributed by atoms with van der Waals surface area (Å²) in [6.45, 7) is 2.81. The third-order valence-electron chi connectivity index (χ3n) is 6.87. The number of carbonyl (C=O) groups excluding carboxylic acids is 2. The number of alkyl carbamates (subject to hydrolysis) is 1. The fourth-order valence-corrected chi connectivity index (χ4v) is 4.63. The summed E-state index contributed by atoms with van der Waals surface area (Å²) in [5.74, 6) is 0.990. The molecule has 2 N–H and O–H groups in total. The van der Waals surface area contributed by atoms with Crippen LogP contribution in [-0.4, -0.2) is 24.1 Å². The number of nitrogens with one attached hydrogen (secondary N) is 2. The second-order valence-corrected chi connectivity index (χ2v) is 9.76. The van der Waals surface area contributed by atoms with Crippen LogP contribution in [0.3, 0.4) is 0 Å². The van der Waals surface area contributed by atoms with Gasteiger partial charge in [-0.3, -0.25) is 4.79 Å². The van der Waals surface area contributed by atoms with Gasteiger partial charge in [0.15, 0.2) is 0 Å². The number of rotatable bonds is 10. The van der Waals surface area contributed by atoms with Gasteiger partial charge in [-0.25, -0.2) is 4.79 Å². The van der Waals surface area contributed by atoms with E-state index in [1.807, 2.05) is 84.9 Å². The van der Waals surface area contributed by atoms with Crippen molar-refractivity contribution in [2.75, 3.05) is 0 Å². The quantitative estimate of drug-likeness (QED) is 0.369. The van der Waals surface area contributed by atoms with Gasteiger partial charge >= 0.3 is 6.09 Å². The van der Waals surface area contributed by atoms with Crippen LogP contribution in [0.25, 0.3) is 0 Å². The molecule has 3 aromatic carbocycles. The molecule has 0 aliphatic heterocycles. The molecule has 6 heteroatoms. The van der Waals surface area contributed by atoms with E-state index < -0.39 is 12.1 Å². The van der Waals surface area contributed by atoms with Crippen molar-refractivity contribution in [1.82, 2.24) is 10.6 Å². The largest absolute Gasteiger partial charge is 0.489 e. The Morgan fingerprint density at radius 2 is 1.43 bits per heavy atom. The molecule has 1 aliphatic rings. The van der Waals surface area contributed by atoms with Crippen LogP contribution in [0.5, 0.6) is 5.75 Å². The topological polar surface area (TPSA) is 76.7 Å². The lowest BCUT2D eigenvalue weighted by Gasteiger charge is -2.31. The van der Waals surface area contributed by atoms with Crippen molar-refractivity contribution < 1.29 is 19.1 Å². The molecular formula is C31H36N2O4. The van der Waals surface area contributed by atoms with Crippen molar-refractivity contribution >= 4 is 12.0 Å². The first kappa shape index (κ1) is 26.3. The molecule has 3 aromatic rings. The molecule has 1 saturated carbocycles. The number of amides is 2. The number of carbonyl (C=O) groups is 2. The minimum absolute atomic E-state index is 0.125. The lowest BCUT2D eigenvalue weighted by molar-refractivity contribution is -0.124. The number of hydrogen-bond acceptors (Lipinski definition) is 4. The molecule has 0 unspecified atom stereocenters. The van der Waals surface area contributed by atoms with E-state index in [0.29, 0.717) is 18.9 Å². The summed E-state index contributed by atoms with van der Waals surface area (Å²) in [6.07, 6.45) is 4.12. The molecule has 4 rings (SSSR count). The average Bonchev–Trinajstić information content (AvgIpc) is 2.93. The van der Waals surface area contributed by atoms with Crippen molar-refractivity contribution in [2.45, 2.75) is 64.3 Å². The molecule has 0 aromatic heterocycles. The van der Waals surface area contributed by atoms with Gasteiger partial charge in [-0.2, -0.15) is 0 Å². The first-order valence-electron chi connectivity index (χ1n) is 13.1. The zero-order valence-electron chi connectivity index (χ0n) is 21.4. The van der Waals surface area contributed by atoms with Crippen LogP contribution in [0.4, 0.5) is 4.79 Å². The Kier molecular flexibility index (Phi) is 9.58. The fourth-order valence-electron chi connectivity index (χ4n) is 4.63. The van der Waals surface area contributed by atoms with Crippen molar-refractivity contribution in [2.24, 2.45) is 5.92 Å². The molecule has 1 aliphatic carbocycles. The normalized spacial score (nSPS) is 17.9. The maximum atomic E-state index is 13.3. The van der Waals surface area contributed by atoms with Crippen LogP contribution in [-0.2, 0) is 29.2 Å². The molecule has 37 heavy (non-hydrogen) atoms. The van der Waals surface area contributed by atoms with Gasteiger partial charge < -0.3 is 20.1 Å². The molecule has 0 bridgehead atoms. The average molecular weight is 501 g/mol. The summed E-state index contributed by atoms with van der Waals surface area (Å²) in [6, 6.07) is 26.5. The number of benzene rings is 3. The van der Waals surface area contributed by atoms with E-state index in [1.54, 1.807) is 0 Å². The molecule has 0 heterocycles. The Balaban J connectivity index is 1.37. The van der Waals surface area contributed by atoms with E-state index >= 15 is 0 Å². The zero-order valence-corrected chi connectivity index (χ0v) is 21.4. The highest BCUT2D eigenvalue weighted by Crippen LogP contribution is 2.24. The fraction of sp³-hybridized carbons (Fsp3) is 0.355. The highest BCUT2D eigenvalue weighted by molar-refractivity contribution is 5.86. The first-order chi connectivity index (χ1) is 18.1. The van der Waals surface area contributed by atoms with Crippen molar-refractivity contribution in [3.05, 3.63) is 102 Å². The second kappa shape index (κ2) is 13.5. The van der Waals surface area contributed by atoms with Gasteiger partial charge in [-0.05, 0) is 47.6 Å². The van der Waals surface area contributed by atoms with Gasteiger partial charge in [0.1, 0.15) is 25.0 Å². The van der Waals surface area contributed by atoms with Crippen LogP contribution in [0.15, 0.2) is 84.9 Å². The van der Waals surface area contributed by atoms with Crippen molar-refractivity contribution in [3.63, 3.8) is 0 Å². The number of ether oxygens (including phenoxy) is 2. The predicted octanol–water partition coefficient (Wildman–Crippen LogP) is 5.80. The van der Waals surface area contributed by atoms with Gasteiger partial charge in [0.25, 0.3) is 0 Å². The molecule has 1 fully saturated rings. The first-order valence-corrected chi connectivity index (χ1v) is 13.1. The molecule has 194 valence electrons. The van der Waals surface area contributed by atoms with Gasteiger partial charge in [0.05, 0.1) is 0 Å². The lowest BCUT2D eigenvalue weighted by Crippen LogP contribution is -2.52. The molecule has 3 atom stereocenters. The summed E-state index contributed by atoms with van der Waals surface area (Å²) < 4.78 is 11.3. The van der Waals surface area contributed by atoms with E-state index in [4.69, 9.17) is 9.47 Å². The number of hydrogen-bond donors (Lipinski definition) is 2. The summed E-state index contributed by atoms with van der Waals surface area (Å²) in [4.78, 5) is 25.9. The summed E-state index contributed by atoms with van der Waals surface area (Å²) in [5, 5.41) is 5.98. The molecule has 0 radical (unpaired) electrons. The van der Waals surface area contributed by atoms with Crippen LogP contribution >= 0.6 is 0 Å². The predicted molar refractivity (Wildman–Crippen MR) is 144 cm³/mol. The Bertz CT molecular complexity index is 1120. The SMILES string of the molecule is C[C@@H]1CCCC[C@@H]1NC(=O)[C@H](Cc1ccc(OCc2ccccc2)cc1)NC(=O)OCc1ccccc1. The molecule has 0 saturated heterocycles. The third kappa shape index (κ3) is 8.38. The minimum Gasteiger partial charge on any atom is -0.489 e. The van der Waals surface area contributed by atoms with Gasteiger partial charge in [0, 0.05) is 12.5 Å². The monoisotopic (exact) mass is 500 g/mol. The van der Waals surface area contributed by atoms with Crippen molar-refractivity contribution in [1.29, 1.82) is 0 Å². The maximum absolute atomic E-state index is 13.3. The summed E-state index contributed by atoms with van der Waals surface area (Å²) >= 11 is 0. The molecule has 6 nitrogen and oxygen atoms in total. The maximum Gasteiger partial charge on any atom is 0.408 e. The molecule has 0 spiro atoms. The molecular weight excluding hydrogens is 464 g/mol. The van der Waals surface area contributed by atoms with Crippen LogP contribution in [0, 0.1) is 5.92 Å². The van der Waals surface area contributed by atoms with Crippen molar-refractivity contribution in [3.8, 4) is 5.75 Å². The van der Waals surface area contributed by atoms with E-state index in [9.17, 15) is 9.59 Å². The van der Waals surface area contributed by atoms with E-state index in [-0.39, 0.29) is 18.6 Å². The Morgan fingerprint density at radius 3 is 2.08 bits per heavy atom. The third-order valence-corrected chi connectivity index (χ3v) is 6.87. The zero-order chi connectivity index (χ0) is 25.9. The van der Waals surface area contributed by atoms with Gasteiger partial charge in [0.2, 0.25) is 5.91 Å². The summed E-state index contributed by atoms with van der Waals surface area (Å²) in [5.41, 5.74) is 2.91. The van der Waals surface area contributed by atoms with Crippen LogP contribution in [0.1, 0.15) is 49.3 Å².